The van der Waals surface area contributed by atoms with E-state index in [0.717, 1.165) is 17.6 Å². The molecule has 0 aliphatic heterocycles. The van der Waals surface area contributed by atoms with Crippen LogP contribution in [0.5, 0.6) is 0 Å². The van der Waals surface area contributed by atoms with Gasteiger partial charge in [0.15, 0.2) is 0 Å². The van der Waals surface area contributed by atoms with Crippen molar-refractivity contribution in [3.8, 4) is 0 Å². The highest BCUT2D eigenvalue weighted by Gasteiger charge is 2.06. The van der Waals surface area contributed by atoms with Crippen LogP contribution in [-0.4, -0.2) is 0 Å². The van der Waals surface area contributed by atoms with Gasteiger partial charge in [-0.1, -0.05) is 19.9 Å². The Morgan fingerprint density at radius 2 is 2.13 bits per heavy atom. The van der Waals surface area contributed by atoms with Crippen molar-refractivity contribution in [2.45, 2.75) is 34.1 Å². The number of rotatable bonds is 3. The maximum atomic E-state index is 11.6. The molecule has 0 atom stereocenters. The Balaban J connectivity index is 3.04. The zero-order valence-electron chi connectivity index (χ0n) is 9.83. The molecular weight excluding hydrogens is 188 g/mol. The van der Waals surface area contributed by atoms with Gasteiger partial charge in [0.05, 0.1) is 0 Å². The highest BCUT2D eigenvalue weighted by Crippen LogP contribution is 2.12. The maximum absolute atomic E-state index is 11.6. The molecule has 0 fully saturated rings. The minimum atomic E-state index is -0.206. The normalized spacial score (nSPS) is 12.2. The molecule has 15 heavy (non-hydrogen) atoms. The smallest absolute Gasteiger partial charge is 0.339 e. The van der Waals surface area contributed by atoms with Gasteiger partial charge in [-0.3, -0.25) is 0 Å². The van der Waals surface area contributed by atoms with Crippen LogP contribution in [-0.2, 0) is 6.42 Å². The summed E-state index contributed by atoms with van der Waals surface area (Å²) in [7, 11) is 0. The second-order valence-electron chi connectivity index (χ2n) is 4.18. The van der Waals surface area contributed by atoms with Gasteiger partial charge in [0.25, 0.3) is 0 Å². The van der Waals surface area contributed by atoms with E-state index in [4.69, 9.17) is 4.42 Å². The zero-order valence-corrected chi connectivity index (χ0v) is 9.83. The van der Waals surface area contributed by atoms with Gasteiger partial charge >= 0.3 is 5.63 Å². The van der Waals surface area contributed by atoms with Crippen molar-refractivity contribution in [1.29, 1.82) is 0 Å². The van der Waals surface area contributed by atoms with Crippen LogP contribution in [0.25, 0.3) is 5.57 Å². The van der Waals surface area contributed by atoms with Crippen LogP contribution in [0.4, 0.5) is 0 Å². The molecule has 2 heteroatoms. The first-order chi connectivity index (χ1) is 7.04. The second-order valence-corrected chi connectivity index (χ2v) is 4.18. The maximum Gasteiger partial charge on any atom is 0.339 e. The monoisotopic (exact) mass is 206 g/mol. The molecule has 2 nitrogen and oxygen atoms in total. The summed E-state index contributed by atoms with van der Waals surface area (Å²) >= 11 is 0. The van der Waals surface area contributed by atoms with E-state index in [9.17, 15) is 4.79 Å². The minimum Gasteiger partial charge on any atom is -0.423 e. The lowest BCUT2D eigenvalue weighted by molar-refractivity contribution is 0.480. The van der Waals surface area contributed by atoms with E-state index < -0.39 is 0 Å². The summed E-state index contributed by atoms with van der Waals surface area (Å²) in [6, 6.07) is 3.74. The molecule has 0 unspecified atom stereocenters. The third kappa shape index (κ3) is 3.08. The van der Waals surface area contributed by atoms with Crippen molar-refractivity contribution >= 4 is 5.57 Å². The van der Waals surface area contributed by atoms with Gasteiger partial charge < -0.3 is 4.42 Å². The molecule has 82 valence electrons. The first kappa shape index (κ1) is 11.8. The van der Waals surface area contributed by atoms with E-state index in [1.807, 2.05) is 32.1 Å². The number of allylic oxidation sites excluding steroid dienone is 2. The third-order valence-corrected chi connectivity index (χ3v) is 2.35. The molecule has 0 radical (unpaired) electrons. The van der Waals surface area contributed by atoms with Crippen molar-refractivity contribution in [3.05, 3.63) is 40.0 Å². The number of hydrogen-bond acceptors (Lipinski definition) is 2. The molecule has 0 aliphatic rings. The third-order valence-electron chi connectivity index (χ3n) is 2.35. The van der Waals surface area contributed by atoms with Crippen molar-refractivity contribution in [1.82, 2.24) is 0 Å². The van der Waals surface area contributed by atoms with Crippen LogP contribution in [0.15, 0.2) is 27.4 Å². The summed E-state index contributed by atoms with van der Waals surface area (Å²) in [6.45, 7) is 8.03. The van der Waals surface area contributed by atoms with Crippen LogP contribution >= 0.6 is 0 Å². The topological polar surface area (TPSA) is 30.2 Å². The quantitative estimate of drug-likeness (QED) is 0.759. The highest BCUT2D eigenvalue weighted by molar-refractivity contribution is 5.58. The van der Waals surface area contributed by atoms with Gasteiger partial charge in [-0.2, -0.15) is 0 Å². The fourth-order valence-electron chi connectivity index (χ4n) is 1.39. The Morgan fingerprint density at radius 3 is 2.60 bits per heavy atom. The molecule has 1 heterocycles. The molecule has 0 aromatic carbocycles. The molecule has 0 bridgehead atoms. The van der Waals surface area contributed by atoms with E-state index in [0.29, 0.717) is 11.7 Å². The van der Waals surface area contributed by atoms with Crippen LogP contribution in [0.3, 0.4) is 0 Å². The first-order valence-electron chi connectivity index (χ1n) is 5.31. The van der Waals surface area contributed by atoms with Crippen LogP contribution in [0.2, 0.25) is 0 Å². The first-order valence-corrected chi connectivity index (χ1v) is 5.31. The lowest BCUT2D eigenvalue weighted by atomic mass is 10.0. The van der Waals surface area contributed by atoms with Crippen molar-refractivity contribution < 1.29 is 4.42 Å². The summed E-state index contributed by atoms with van der Waals surface area (Å²) in [5.41, 5.74) is 1.54. The van der Waals surface area contributed by atoms with E-state index >= 15 is 0 Å². The Morgan fingerprint density at radius 1 is 1.47 bits per heavy atom. The molecule has 0 spiro atoms. The molecule has 0 amide bonds. The number of hydrogen-bond donors (Lipinski definition) is 0. The molecule has 1 aromatic rings. The lowest BCUT2D eigenvalue weighted by Gasteiger charge is -2.04. The molecule has 0 aliphatic carbocycles. The largest absolute Gasteiger partial charge is 0.423 e. The summed E-state index contributed by atoms with van der Waals surface area (Å²) in [5, 5.41) is 0. The van der Waals surface area contributed by atoms with Gasteiger partial charge in [-0.15, -0.1) is 0 Å². The summed E-state index contributed by atoms with van der Waals surface area (Å²) in [6.07, 6.45) is 2.71. The summed E-state index contributed by atoms with van der Waals surface area (Å²) in [4.78, 5) is 11.6. The minimum absolute atomic E-state index is 0.206. The van der Waals surface area contributed by atoms with Crippen LogP contribution in [0, 0.1) is 5.92 Å². The van der Waals surface area contributed by atoms with Crippen molar-refractivity contribution in [2.24, 2.45) is 5.92 Å². The van der Waals surface area contributed by atoms with E-state index in [1.54, 1.807) is 0 Å². The fourth-order valence-corrected chi connectivity index (χ4v) is 1.39. The SMILES string of the molecule is C/C=C(\C)c1ccc(CC(C)C)c(=O)o1. The van der Waals surface area contributed by atoms with Crippen LogP contribution < -0.4 is 5.63 Å². The predicted octanol–water partition coefficient (Wildman–Crippen LogP) is 3.26. The molecule has 1 aromatic heterocycles. The lowest BCUT2D eigenvalue weighted by Crippen LogP contribution is -2.10. The zero-order chi connectivity index (χ0) is 11.4. The van der Waals surface area contributed by atoms with Crippen molar-refractivity contribution in [2.75, 3.05) is 0 Å². The Kier molecular flexibility index (Phi) is 3.89. The Labute approximate surface area is 90.6 Å². The molecule has 0 saturated carbocycles. The van der Waals surface area contributed by atoms with Crippen LogP contribution in [0.1, 0.15) is 39.0 Å². The van der Waals surface area contributed by atoms with Gasteiger partial charge in [-0.05, 0) is 43.9 Å². The average molecular weight is 206 g/mol. The average Bonchev–Trinajstić information content (AvgIpc) is 2.19. The second kappa shape index (κ2) is 4.96. The molecular formula is C13H18O2. The summed E-state index contributed by atoms with van der Waals surface area (Å²) in [5.74, 6) is 1.14. The highest BCUT2D eigenvalue weighted by atomic mass is 16.4. The van der Waals surface area contributed by atoms with Gasteiger partial charge in [0.2, 0.25) is 0 Å². The summed E-state index contributed by atoms with van der Waals surface area (Å²) < 4.78 is 5.24. The standard InChI is InChI=1S/C13H18O2/c1-5-10(4)12-7-6-11(8-9(2)3)13(14)15-12/h5-7,9H,8H2,1-4H3/b10-5+. The van der Waals surface area contributed by atoms with E-state index in [2.05, 4.69) is 13.8 Å². The fraction of sp³-hybridized carbons (Fsp3) is 0.462. The van der Waals surface area contributed by atoms with E-state index in [-0.39, 0.29) is 5.63 Å². The Hall–Kier alpha value is -1.31. The molecule has 0 N–H and O–H groups in total. The van der Waals surface area contributed by atoms with Gasteiger partial charge in [0.1, 0.15) is 5.76 Å². The van der Waals surface area contributed by atoms with E-state index in [1.165, 1.54) is 0 Å². The van der Waals surface area contributed by atoms with Crippen molar-refractivity contribution in [3.63, 3.8) is 0 Å². The van der Waals surface area contributed by atoms with Gasteiger partial charge in [-0.25, -0.2) is 4.79 Å². The van der Waals surface area contributed by atoms with Gasteiger partial charge in [0, 0.05) is 5.56 Å². The predicted molar refractivity (Wildman–Crippen MR) is 62.8 cm³/mol. The molecule has 1 rings (SSSR count). The molecule has 0 saturated heterocycles. The Bertz CT molecular complexity index is 411.